The Morgan fingerprint density at radius 1 is 1.25 bits per heavy atom. The minimum absolute atomic E-state index is 0.109. The lowest BCUT2D eigenvalue weighted by molar-refractivity contribution is 0.0962. The third-order valence-corrected chi connectivity index (χ3v) is 4.75. The summed E-state index contributed by atoms with van der Waals surface area (Å²) in [6, 6.07) is 7.72. The second-order valence-corrected chi connectivity index (χ2v) is 6.62. The molecule has 0 aliphatic heterocycles. The first-order chi connectivity index (χ1) is 11.7. The fraction of sp³-hybridized carbons (Fsp3) is 0.333. The van der Waals surface area contributed by atoms with Crippen molar-refractivity contribution in [2.24, 2.45) is 0 Å². The zero-order chi connectivity index (χ0) is 16.7. The molecule has 0 spiro atoms. The van der Waals surface area contributed by atoms with Gasteiger partial charge in [0.1, 0.15) is 0 Å². The normalized spacial score (nSPS) is 17.2. The second-order valence-electron chi connectivity index (χ2n) is 6.19. The number of aromatic nitrogens is 4. The Balaban J connectivity index is 1.78. The second kappa shape index (κ2) is 5.98. The molecule has 2 aromatic heterocycles. The van der Waals surface area contributed by atoms with Gasteiger partial charge in [0.05, 0.1) is 11.3 Å². The number of carbonyl (C=O) groups excluding carboxylic acids is 1. The number of fused-ring (bicyclic) bond motifs is 3. The molecule has 24 heavy (non-hydrogen) atoms. The number of benzene rings is 1. The van der Waals surface area contributed by atoms with Crippen molar-refractivity contribution in [1.82, 2.24) is 19.6 Å². The van der Waals surface area contributed by atoms with Crippen molar-refractivity contribution < 1.29 is 4.79 Å². The van der Waals surface area contributed by atoms with Crippen molar-refractivity contribution in [3.05, 3.63) is 58.1 Å². The van der Waals surface area contributed by atoms with Crippen molar-refractivity contribution in [1.29, 1.82) is 0 Å². The molecule has 122 valence electrons. The third kappa shape index (κ3) is 2.59. The van der Waals surface area contributed by atoms with Crippen molar-refractivity contribution in [3.8, 4) is 0 Å². The maximum Gasteiger partial charge on any atom is 0.252 e. The summed E-state index contributed by atoms with van der Waals surface area (Å²) in [5.74, 6) is 1.59. The van der Waals surface area contributed by atoms with Crippen LogP contribution in [0.4, 0.5) is 0 Å². The maximum atomic E-state index is 12.6. The average molecular weight is 341 g/mol. The monoisotopic (exact) mass is 340 g/mol. The molecule has 1 atom stereocenters. The van der Waals surface area contributed by atoms with E-state index < -0.39 is 0 Å². The Morgan fingerprint density at radius 3 is 2.79 bits per heavy atom. The van der Waals surface area contributed by atoms with E-state index in [0.717, 1.165) is 36.3 Å². The van der Waals surface area contributed by atoms with E-state index in [0.29, 0.717) is 22.8 Å². The van der Waals surface area contributed by atoms with E-state index in [9.17, 15) is 4.79 Å². The molecule has 1 aliphatic carbocycles. The Morgan fingerprint density at radius 2 is 2.04 bits per heavy atom. The van der Waals surface area contributed by atoms with Gasteiger partial charge in [-0.3, -0.25) is 4.79 Å². The standard InChI is InChI=1S/C18H17ClN4O/c1-2-3-17-21-18-20-10-14-15(23(18)22-17)8-12(9-16(14)24)11-4-6-13(19)7-5-11/h4-7,10,12H,2-3,8-9H2,1H3. The largest absolute Gasteiger partial charge is 0.294 e. The number of Topliss-reactive ketones (excluding diaryl/α,β-unsaturated/α-hetero) is 1. The van der Waals surface area contributed by atoms with Crippen LogP contribution in [0.2, 0.25) is 5.02 Å². The van der Waals surface area contributed by atoms with Crippen molar-refractivity contribution >= 4 is 23.2 Å². The van der Waals surface area contributed by atoms with Crippen molar-refractivity contribution in [3.63, 3.8) is 0 Å². The Kier molecular flexibility index (Phi) is 3.81. The highest BCUT2D eigenvalue weighted by Crippen LogP contribution is 2.33. The molecular formula is C18H17ClN4O. The molecule has 1 aliphatic rings. The Bertz CT molecular complexity index is 917. The summed E-state index contributed by atoms with van der Waals surface area (Å²) in [5.41, 5.74) is 2.70. The van der Waals surface area contributed by atoms with Gasteiger partial charge in [0.2, 0.25) is 0 Å². The summed E-state index contributed by atoms with van der Waals surface area (Å²) in [6.07, 6.45) is 4.67. The highest BCUT2D eigenvalue weighted by molar-refractivity contribution is 6.30. The van der Waals surface area contributed by atoms with E-state index in [1.165, 1.54) is 0 Å². The lowest BCUT2D eigenvalue weighted by atomic mass is 9.82. The smallest absolute Gasteiger partial charge is 0.252 e. The van der Waals surface area contributed by atoms with Gasteiger partial charge in [-0.05, 0) is 36.5 Å². The number of carbonyl (C=O) groups is 1. The topological polar surface area (TPSA) is 60.1 Å². The molecule has 5 nitrogen and oxygen atoms in total. The fourth-order valence-corrected chi connectivity index (χ4v) is 3.42. The van der Waals surface area contributed by atoms with Crippen LogP contribution in [-0.4, -0.2) is 25.4 Å². The van der Waals surface area contributed by atoms with Gasteiger partial charge in [0.15, 0.2) is 11.6 Å². The van der Waals surface area contributed by atoms with Crippen molar-refractivity contribution in [2.75, 3.05) is 0 Å². The van der Waals surface area contributed by atoms with E-state index in [-0.39, 0.29) is 11.7 Å². The van der Waals surface area contributed by atoms with Gasteiger partial charge < -0.3 is 0 Å². The molecule has 1 aromatic carbocycles. The number of aryl methyl sites for hydroxylation is 1. The first-order valence-electron chi connectivity index (χ1n) is 8.18. The number of halogens is 1. The number of hydrogen-bond donors (Lipinski definition) is 0. The van der Waals surface area contributed by atoms with Crippen LogP contribution in [0.1, 0.15) is 53.1 Å². The number of hydrogen-bond acceptors (Lipinski definition) is 4. The molecule has 2 heterocycles. The SMILES string of the molecule is CCCc1nc2ncc3c(n2n1)CC(c1ccc(Cl)cc1)CC3=O. The van der Waals surface area contributed by atoms with Crippen LogP contribution >= 0.6 is 11.6 Å². The summed E-state index contributed by atoms with van der Waals surface area (Å²) >= 11 is 5.97. The molecule has 6 heteroatoms. The zero-order valence-electron chi connectivity index (χ0n) is 13.4. The number of rotatable bonds is 3. The van der Waals surface area contributed by atoms with Crippen molar-refractivity contribution in [2.45, 2.75) is 38.5 Å². The first kappa shape index (κ1) is 15.3. The van der Waals surface area contributed by atoms with Crippen LogP contribution in [0.15, 0.2) is 30.5 Å². The molecule has 3 aromatic rings. The zero-order valence-corrected chi connectivity index (χ0v) is 14.1. The number of nitrogens with zero attached hydrogens (tertiary/aromatic N) is 4. The predicted molar refractivity (Wildman–Crippen MR) is 91.6 cm³/mol. The fourth-order valence-electron chi connectivity index (χ4n) is 3.29. The van der Waals surface area contributed by atoms with Crippen LogP contribution in [0.5, 0.6) is 0 Å². The molecule has 0 N–H and O–H groups in total. The highest BCUT2D eigenvalue weighted by atomic mass is 35.5. The van der Waals surface area contributed by atoms with Gasteiger partial charge in [-0.1, -0.05) is 30.7 Å². The van der Waals surface area contributed by atoms with Gasteiger partial charge in [0, 0.05) is 24.1 Å². The molecule has 0 fully saturated rings. The molecule has 0 saturated carbocycles. The van der Waals surface area contributed by atoms with Gasteiger partial charge >= 0.3 is 0 Å². The van der Waals surface area contributed by atoms with Crippen LogP contribution in [-0.2, 0) is 12.8 Å². The minimum Gasteiger partial charge on any atom is -0.294 e. The molecule has 0 radical (unpaired) electrons. The van der Waals surface area contributed by atoms with Gasteiger partial charge in [-0.2, -0.15) is 4.98 Å². The van der Waals surface area contributed by atoms with Crippen LogP contribution < -0.4 is 0 Å². The van der Waals surface area contributed by atoms with Gasteiger partial charge in [0.25, 0.3) is 5.78 Å². The summed E-state index contributed by atoms with van der Waals surface area (Å²) in [4.78, 5) is 21.4. The van der Waals surface area contributed by atoms with E-state index in [1.54, 1.807) is 10.7 Å². The molecule has 1 unspecified atom stereocenters. The quantitative estimate of drug-likeness (QED) is 0.730. The van der Waals surface area contributed by atoms with Crippen LogP contribution in [0.25, 0.3) is 5.78 Å². The molecular weight excluding hydrogens is 324 g/mol. The maximum absolute atomic E-state index is 12.6. The summed E-state index contributed by atoms with van der Waals surface area (Å²) in [6.45, 7) is 2.09. The summed E-state index contributed by atoms with van der Waals surface area (Å²) in [5, 5.41) is 5.26. The van der Waals surface area contributed by atoms with Crippen LogP contribution in [0, 0.1) is 0 Å². The summed E-state index contributed by atoms with van der Waals surface area (Å²) < 4.78 is 1.75. The highest BCUT2D eigenvalue weighted by Gasteiger charge is 2.29. The van der Waals surface area contributed by atoms with E-state index in [4.69, 9.17) is 11.6 Å². The lowest BCUT2D eigenvalue weighted by Gasteiger charge is -2.23. The lowest BCUT2D eigenvalue weighted by Crippen LogP contribution is -2.22. The average Bonchev–Trinajstić information content (AvgIpc) is 2.99. The van der Waals surface area contributed by atoms with Crippen LogP contribution in [0.3, 0.4) is 0 Å². The van der Waals surface area contributed by atoms with Gasteiger partial charge in [-0.15, -0.1) is 5.10 Å². The third-order valence-electron chi connectivity index (χ3n) is 4.50. The van der Waals surface area contributed by atoms with E-state index >= 15 is 0 Å². The molecule has 0 saturated heterocycles. The minimum atomic E-state index is 0.109. The van der Waals surface area contributed by atoms with E-state index in [2.05, 4.69) is 22.0 Å². The number of ketones is 1. The molecule has 4 rings (SSSR count). The molecule has 0 amide bonds. The summed E-state index contributed by atoms with van der Waals surface area (Å²) in [7, 11) is 0. The van der Waals surface area contributed by atoms with Gasteiger partial charge in [-0.25, -0.2) is 9.50 Å². The molecule has 0 bridgehead atoms. The first-order valence-corrected chi connectivity index (χ1v) is 8.55. The Labute approximate surface area is 144 Å². The Hall–Kier alpha value is -2.27. The van der Waals surface area contributed by atoms with E-state index in [1.807, 2.05) is 24.3 Å². The predicted octanol–water partition coefficient (Wildman–Crippen LogP) is 3.64.